The number of ether oxygens (including phenoxy) is 1. The Morgan fingerprint density at radius 1 is 0.719 bits per heavy atom. The summed E-state index contributed by atoms with van der Waals surface area (Å²) in [5.74, 6) is 0.870. The maximum Gasteiger partial charge on any atom is 0.150 e. The van der Waals surface area contributed by atoms with Crippen LogP contribution in [0.25, 0.3) is 27.5 Å². The van der Waals surface area contributed by atoms with Gasteiger partial charge in [0.15, 0.2) is 0 Å². The van der Waals surface area contributed by atoms with Crippen molar-refractivity contribution in [2.24, 2.45) is 0 Å². The van der Waals surface area contributed by atoms with Gasteiger partial charge in [-0.3, -0.25) is 9.59 Å². The Morgan fingerprint density at radius 3 is 1.84 bits per heavy atom. The van der Waals surface area contributed by atoms with Crippen LogP contribution in [0.5, 0.6) is 5.75 Å². The third kappa shape index (κ3) is 4.59. The van der Waals surface area contributed by atoms with Crippen LogP contribution in [0.1, 0.15) is 66.2 Å². The zero-order valence-electron chi connectivity index (χ0n) is 18.5. The Bertz CT molecular complexity index is 1160. The van der Waals surface area contributed by atoms with Gasteiger partial charge >= 0.3 is 0 Å². The molecule has 164 valence electrons. The number of aromatic nitrogens is 1. The van der Waals surface area contributed by atoms with E-state index in [0.717, 1.165) is 58.8 Å². The summed E-state index contributed by atoms with van der Waals surface area (Å²) < 4.78 is 8.09. The predicted molar refractivity (Wildman–Crippen MR) is 130 cm³/mol. The molecule has 0 aliphatic carbocycles. The molecular formula is C28H29NO3. The zero-order chi connectivity index (χ0) is 22.3. The average molecular weight is 428 g/mol. The Labute approximate surface area is 188 Å². The first kappa shape index (κ1) is 21.8. The van der Waals surface area contributed by atoms with Crippen molar-refractivity contribution < 1.29 is 14.3 Å². The van der Waals surface area contributed by atoms with Gasteiger partial charge in [0.2, 0.25) is 0 Å². The molecule has 0 atom stereocenters. The highest BCUT2D eigenvalue weighted by Crippen LogP contribution is 2.33. The molecule has 4 rings (SSSR count). The van der Waals surface area contributed by atoms with Crippen LogP contribution in [0.2, 0.25) is 0 Å². The topological polar surface area (TPSA) is 48.3 Å². The Morgan fingerprint density at radius 2 is 1.28 bits per heavy atom. The van der Waals surface area contributed by atoms with Crippen molar-refractivity contribution in [1.82, 2.24) is 4.57 Å². The first-order valence-corrected chi connectivity index (χ1v) is 11.5. The molecule has 0 aliphatic heterocycles. The van der Waals surface area contributed by atoms with Gasteiger partial charge in [-0.15, -0.1) is 0 Å². The fraction of sp³-hybridized carbons (Fsp3) is 0.286. The summed E-state index contributed by atoms with van der Waals surface area (Å²) in [6.07, 6.45) is 9.17. The van der Waals surface area contributed by atoms with Gasteiger partial charge < -0.3 is 9.30 Å². The number of unbranched alkanes of at least 4 members (excludes halogenated alkanes) is 5. The van der Waals surface area contributed by atoms with Crippen molar-refractivity contribution >= 4 is 34.4 Å². The van der Waals surface area contributed by atoms with E-state index in [9.17, 15) is 9.59 Å². The maximum absolute atomic E-state index is 11.3. The fourth-order valence-corrected chi connectivity index (χ4v) is 4.25. The van der Waals surface area contributed by atoms with Gasteiger partial charge in [0, 0.05) is 27.6 Å². The second-order valence-electron chi connectivity index (χ2n) is 8.23. The minimum Gasteiger partial charge on any atom is -0.494 e. The highest BCUT2D eigenvalue weighted by Gasteiger charge is 2.13. The quantitative estimate of drug-likeness (QED) is 0.189. The van der Waals surface area contributed by atoms with Crippen molar-refractivity contribution in [2.45, 2.75) is 45.4 Å². The van der Waals surface area contributed by atoms with Crippen molar-refractivity contribution in [3.8, 4) is 11.4 Å². The number of aldehydes is 2. The molecule has 0 radical (unpaired) electrons. The molecule has 4 heteroatoms. The van der Waals surface area contributed by atoms with Crippen LogP contribution in [0.4, 0.5) is 0 Å². The zero-order valence-corrected chi connectivity index (χ0v) is 18.5. The van der Waals surface area contributed by atoms with Crippen molar-refractivity contribution in [3.63, 3.8) is 0 Å². The molecule has 0 aliphatic rings. The standard InChI is InChI=1S/C28H29NO3/c1-2-3-4-5-6-7-16-32-24-12-10-23(11-13-24)29-27-14-8-21(19-30)17-25(27)26-18-22(20-31)9-15-28(26)29/h8-15,17-20H,2-7,16H2,1H3. The van der Waals surface area contributed by atoms with Gasteiger partial charge in [0.25, 0.3) is 0 Å². The predicted octanol–water partition coefficient (Wildman–Crippen LogP) is 7.15. The molecule has 1 aromatic heterocycles. The number of nitrogens with zero attached hydrogens (tertiary/aromatic N) is 1. The number of carbonyl (C=O) groups is 2. The summed E-state index contributed by atoms with van der Waals surface area (Å²) in [4.78, 5) is 22.6. The fourth-order valence-electron chi connectivity index (χ4n) is 4.25. The van der Waals surface area contributed by atoms with Crippen LogP contribution < -0.4 is 4.74 Å². The molecule has 4 aromatic rings. The van der Waals surface area contributed by atoms with Crippen molar-refractivity contribution in [1.29, 1.82) is 0 Å². The summed E-state index contributed by atoms with van der Waals surface area (Å²) in [7, 11) is 0. The van der Waals surface area contributed by atoms with Crippen molar-refractivity contribution in [3.05, 3.63) is 71.8 Å². The van der Waals surface area contributed by atoms with Gasteiger partial charge in [0.1, 0.15) is 18.3 Å². The molecule has 4 nitrogen and oxygen atoms in total. The lowest BCUT2D eigenvalue weighted by Gasteiger charge is -2.10. The Balaban J connectivity index is 1.59. The van der Waals surface area contributed by atoms with E-state index < -0.39 is 0 Å². The summed E-state index contributed by atoms with van der Waals surface area (Å²) in [5.41, 5.74) is 4.23. The lowest BCUT2D eigenvalue weighted by molar-refractivity contribution is 0.111. The van der Waals surface area contributed by atoms with Crippen LogP contribution in [0.3, 0.4) is 0 Å². The molecule has 0 fully saturated rings. The van der Waals surface area contributed by atoms with E-state index in [0.29, 0.717) is 11.1 Å². The Kier molecular flexibility index (Phi) is 7.00. The largest absolute Gasteiger partial charge is 0.494 e. The third-order valence-corrected chi connectivity index (χ3v) is 5.95. The minimum atomic E-state index is 0.617. The number of carbonyl (C=O) groups excluding carboxylic acids is 2. The summed E-state index contributed by atoms with van der Waals surface area (Å²) in [6, 6.07) is 19.4. The van der Waals surface area contributed by atoms with E-state index in [1.807, 2.05) is 48.5 Å². The third-order valence-electron chi connectivity index (χ3n) is 5.95. The van der Waals surface area contributed by atoms with Gasteiger partial charge in [-0.05, 0) is 67.1 Å². The van der Waals surface area contributed by atoms with Crippen molar-refractivity contribution in [2.75, 3.05) is 6.61 Å². The number of hydrogen-bond donors (Lipinski definition) is 0. The minimum absolute atomic E-state index is 0.617. The summed E-state index contributed by atoms with van der Waals surface area (Å²) in [6.45, 7) is 2.97. The smallest absolute Gasteiger partial charge is 0.150 e. The van der Waals surface area contributed by atoms with Crippen LogP contribution in [-0.4, -0.2) is 23.7 Å². The average Bonchev–Trinajstić information content (AvgIpc) is 3.16. The van der Waals surface area contributed by atoms with E-state index >= 15 is 0 Å². The van der Waals surface area contributed by atoms with Gasteiger partial charge in [-0.25, -0.2) is 0 Å². The molecule has 0 spiro atoms. The maximum atomic E-state index is 11.3. The lowest BCUT2D eigenvalue weighted by Crippen LogP contribution is -1.98. The number of fused-ring (bicyclic) bond motifs is 3. The molecule has 1 heterocycles. The number of hydrogen-bond acceptors (Lipinski definition) is 3. The van der Waals surface area contributed by atoms with Crippen LogP contribution in [0.15, 0.2) is 60.7 Å². The first-order chi connectivity index (χ1) is 15.7. The SMILES string of the molecule is CCCCCCCCOc1ccc(-n2c3ccc(C=O)cc3c3cc(C=O)ccc32)cc1. The second-order valence-corrected chi connectivity index (χ2v) is 8.23. The summed E-state index contributed by atoms with van der Waals surface area (Å²) in [5, 5.41) is 1.91. The lowest BCUT2D eigenvalue weighted by atomic mass is 10.1. The van der Waals surface area contributed by atoms with Gasteiger partial charge in [-0.1, -0.05) is 39.0 Å². The normalized spacial score (nSPS) is 11.2. The second kappa shape index (κ2) is 10.3. The number of benzene rings is 3. The molecule has 0 saturated carbocycles. The molecular weight excluding hydrogens is 398 g/mol. The van der Waals surface area contributed by atoms with Crippen LogP contribution in [0, 0.1) is 0 Å². The van der Waals surface area contributed by atoms with Crippen LogP contribution >= 0.6 is 0 Å². The molecule has 0 amide bonds. The highest BCUT2D eigenvalue weighted by molar-refractivity contribution is 6.11. The van der Waals surface area contributed by atoms with E-state index in [1.54, 1.807) is 0 Å². The molecule has 32 heavy (non-hydrogen) atoms. The monoisotopic (exact) mass is 427 g/mol. The summed E-state index contributed by atoms with van der Waals surface area (Å²) >= 11 is 0. The first-order valence-electron chi connectivity index (χ1n) is 11.5. The van der Waals surface area contributed by atoms with E-state index in [-0.39, 0.29) is 0 Å². The van der Waals surface area contributed by atoms with Crippen LogP contribution in [-0.2, 0) is 0 Å². The molecule has 0 saturated heterocycles. The van der Waals surface area contributed by atoms with Gasteiger partial charge in [0.05, 0.1) is 17.6 Å². The van der Waals surface area contributed by atoms with Gasteiger partial charge in [-0.2, -0.15) is 0 Å². The van der Waals surface area contributed by atoms with E-state index in [2.05, 4.69) is 23.6 Å². The molecule has 0 bridgehead atoms. The highest BCUT2D eigenvalue weighted by atomic mass is 16.5. The number of rotatable bonds is 11. The van der Waals surface area contributed by atoms with E-state index in [4.69, 9.17) is 4.74 Å². The Hall–Kier alpha value is -3.40. The molecule has 0 unspecified atom stereocenters. The van der Waals surface area contributed by atoms with E-state index in [1.165, 1.54) is 32.1 Å². The molecule has 0 N–H and O–H groups in total. The molecule has 3 aromatic carbocycles.